The van der Waals surface area contributed by atoms with E-state index in [0.29, 0.717) is 6.42 Å². The summed E-state index contributed by atoms with van der Waals surface area (Å²) < 4.78 is 0. The Morgan fingerprint density at radius 1 is 1.00 bits per heavy atom. The zero-order chi connectivity index (χ0) is 22.1. The molecule has 0 N–H and O–H groups in total. The standard InChI is InChI=1S/C25H36N4O/c1-17-8-9-18(2)21(14-17)15-22-19(3)26-20(4)27-24(22)29-12-10-28(11-13-29)23(30)16-25(5,6)7/h8-9,14H,10-13,15-16H2,1-7H3. The lowest BCUT2D eigenvalue weighted by Gasteiger charge is -2.37. The number of hydrogen-bond acceptors (Lipinski definition) is 4. The predicted octanol–water partition coefficient (Wildman–Crippen LogP) is 4.39. The van der Waals surface area contributed by atoms with Gasteiger partial charge in [0.05, 0.1) is 0 Å². The average molecular weight is 409 g/mol. The molecule has 1 aliphatic heterocycles. The molecule has 0 saturated carbocycles. The lowest BCUT2D eigenvalue weighted by Crippen LogP contribution is -2.50. The third kappa shape index (κ3) is 5.38. The number of hydrogen-bond donors (Lipinski definition) is 0. The smallest absolute Gasteiger partial charge is 0.223 e. The Hall–Kier alpha value is -2.43. The van der Waals surface area contributed by atoms with E-state index < -0.39 is 0 Å². The van der Waals surface area contributed by atoms with Crippen molar-refractivity contribution in [3.8, 4) is 0 Å². The second-order valence-corrected chi connectivity index (χ2v) is 9.87. The molecule has 2 aromatic rings. The normalized spacial score (nSPS) is 14.9. The van der Waals surface area contributed by atoms with Crippen molar-refractivity contribution in [2.24, 2.45) is 5.41 Å². The van der Waals surface area contributed by atoms with Gasteiger partial charge in [0.2, 0.25) is 5.91 Å². The van der Waals surface area contributed by atoms with Crippen molar-refractivity contribution in [2.75, 3.05) is 31.1 Å². The van der Waals surface area contributed by atoms with Gasteiger partial charge in [-0.05, 0) is 44.2 Å². The Balaban J connectivity index is 1.81. The topological polar surface area (TPSA) is 49.3 Å². The van der Waals surface area contributed by atoms with Crippen molar-refractivity contribution in [3.63, 3.8) is 0 Å². The molecule has 5 nitrogen and oxygen atoms in total. The molecule has 1 amide bonds. The van der Waals surface area contributed by atoms with E-state index in [-0.39, 0.29) is 11.3 Å². The Morgan fingerprint density at radius 3 is 2.30 bits per heavy atom. The summed E-state index contributed by atoms with van der Waals surface area (Å²) in [6.45, 7) is 17.8. The second-order valence-electron chi connectivity index (χ2n) is 9.87. The summed E-state index contributed by atoms with van der Waals surface area (Å²) >= 11 is 0. The van der Waals surface area contributed by atoms with Gasteiger partial charge in [-0.3, -0.25) is 4.79 Å². The van der Waals surface area contributed by atoms with Gasteiger partial charge in [-0.1, -0.05) is 44.5 Å². The van der Waals surface area contributed by atoms with Gasteiger partial charge < -0.3 is 9.80 Å². The van der Waals surface area contributed by atoms with E-state index in [2.05, 4.69) is 69.6 Å². The van der Waals surface area contributed by atoms with Gasteiger partial charge >= 0.3 is 0 Å². The van der Waals surface area contributed by atoms with Crippen LogP contribution in [0.3, 0.4) is 0 Å². The van der Waals surface area contributed by atoms with E-state index in [1.807, 2.05) is 11.8 Å². The van der Waals surface area contributed by atoms with Crippen LogP contribution in [0.1, 0.15) is 61.0 Å². The second kappa shape index (κ2) is 8.75. The van der Waals surface area contributed by atoms with Crippen LogP contribution in [0.4, 0.5) is 5.82 Å². The predicted molar refractivity (Wildman–Crippen MR) is 123 cm³/mol. The lowest BCUT2D eigenvalue weighted by atomic mass is 9.91. The van der Waals surface area contributed by atoms with Crippen LogP contribution in [0.2, 0.25) is 0 Å². The van der Waals surface area contributed by atoms with Crippen LogP contribution in [0.5, 0.6) is 0 Å². The molecule has 0 aliphatic carbocycles. The van der Waals surface area contributed by atoms with Crippen molar-refractivity contribution < 1.29 is 4.79 Å². The number of piperazine rings is 1. The van der Waals surface area contributed by atoms with Crippen molar-refractivity contribution in [1.82, 2.24) is 14.9 Å². The minimum Gasteiger partial charge on any atom is -0.353 e. The monoisotopic (exact) mass is 408 g/mol. The van der Waals surface area contributed by atoms with Gasteiger partial charge in [-0.15, -0.1) is 0 Å². The van der Waals surface area contributed by atoms with Crippen molar-refractivity contribution in [1.29, 1.82) is 0 Å². The molecule has 30 heavy (non-hydrogen) atoms. The molecule has 1 aromatic heterocycles. The SMILES string of the molecule is Cc1ccc(C)c(Cc2c(C)nc(C)nc2N2CCN(C(=O)CC(C)(C)C)CC2)c1. The maximum Gasteiger partial charge on any atom is 0.223 e. The van der Waals surface area contributed by atoms with E-state index in [9.17, 15) is 4.79 Å². The Labute approximate surface area is 181 Å². The summed E-state index contributed by atoms with van der Waals surface area (Å²) in [6, 6.07) is 6.61. The maximum absolute atomic E-state index is 12.6. The number of aromatic nitrogens is 2. The van der Waals surface area contributed by atoms with Gasteiger partial charge in [-0.25, -0.2) is 9.97 Å². The number of carbonyl (C=O) groups is 1. The third-order valence-electron chi connectivity index (χ3n) is 5.79. The van der Waals surface area contributed by atoms with Gasteiger partial charge in [0, 0.05) is 50.3 Å². The number of nitrogens with zero attached hydrogens (tertiary/aromatic N) is 4. The molecular weight excluding hydrogens is 372 g/mol. The van der Waals surface area contributed by atoms with Crippen LogP contribution in [0, 0.1) is 33.1 Å². The first kappa shape index (κ1) is 22.3. The number of rotatable bonds is 4. The summed E-state index contributed by atoms with van der Waals surface area (Å²) in [5.74, 6) is 2.09. The van der Waals surface area contributed by atoms with Crippen molar-refractivity contribution in [2.45, 2.75) is 61.3 Å². The average Bonchev–Trinajstić information content (AvgIpc) is 2.65. The number of benzene rings is 1. The summed E-state index contributed by atoms with van der Waals surface area (Å²) in [5.41, 5.74) is 6.16. The van der Waals surface area contributed by atoms with E-state index in [1.54, 1.807) is 0 Å². The molecule has 0 unspecified atom stereocenters. The minimum atomic E-state index is 0.0218. The van der Waals surface area contributed by atoms with E-state index in [1.165, 1.54) is 22.3 Å². The van der Waals surface area contributed by atoms with Crippen LogP contribution in [0.15, 0.2) is 18.2 Å². The molecule has 3 rings (SSSR count). The van der Waals surface area contributed by atoms with E-state index in [0.717, 1.165) is 49.9 Å². The zero-order valence-corrected chi connectivity index (χ0v) is 19.7. The summed E-state index contributed by atoms with van der Waals surface area (Å²) in [4.78, 5) is 26.5. The largest absolute Gasteiger partial charge is 0.353 e. The number of amides is 1. The number of anilines is 1. The molecule has 0 radical (unpaired) electrons. The molecule has 1 fully saturated rings. The molecule has 1 saturated heterocycles. The fourth-order valence-electron chi connectivity index (χ4n) is 4.10. The Bertz CT molecular complexity index is 921. The molecule has 0 spiro atoms. The molecular formula is C25H36N4O. The highest BCUT2D eigenvalue weighted by Crippen LogP contribution is 2.27. The highest BCUT2D eigenvalue weighted by molar-refractivity contribution is 5.77. The first-order chi connectivity index (χ1) is 14.0. The van der Waals surface area contributed by atoms with Crippen LogP contribution in [-0.4, -0.2) is 47.0 Å². The molecule has 0 bridgehead atoms. The lowest BCUT2D eigenvalue weighted by molar-refractivity contribution is -0.133. The summed E-state index contributed by atoms with van der Waals surface area (Å²) in [7, 11) is 0. The summed E-state index contributed by atoms with van der Waals surface area (Å²) in [5, 5.41) is 0. The minimum absolute atomic E-state index is 0.0218. The quantitative estimate of drug-likeness (QED) is 0.753. The first-order valence-electron chi connectivity index (χ1n) is 11.0. The van der Waals surface area contributed by atoms with Gasteiger partial charge in [-0.2, -0.15) is 0 Å². The van der Waals surface area contributed by atoms with Crippen LogP contribution < -0.4 is 4.90 Å². The third-order valence-corrected chi connectivity index (χ3v) is 5.79. The maximum atomic E-state index is 12.6. The fourth-order valence-corrected chi connectivity index (χ4v) is 4.10. The van der Waals surface area contributed by atoms with Gasteiger partial charge in [0.15, 0.2) is 0 Å². The van der Waals surface area contributed by atoms with Crippen LogP contribution in [0.25, 0.3) is 0 Å². The summed E-state index contributed by atoms with van der Waals surface area (Å²) in [6.07, 6.45) is 1.43. The molecule has 162 valence electrons. The molecule has 1 aliphatic rings. The highest BCUT2D eigenvalue weighted by atomic mass is 16.2. The number of carbonyl (C=O) groups excluding carboxylic acids is 1. The Kier molecular flexibility index (Phi) is 6.49. The fraction of sp³-hybridized carbons (Fsp3) is 0.560. The highest BCUT2D eigenvalue weighted by Gasteiger charge is 2.27. The van der Waals surface area contributed by atoms with Gasteiger partial charge in [0.1, 0.15) is 11.6 Å². The van der Waals surface area contributed by atoms with Crippen LogP contribution in [-0.2, 0) is 11.2 Å². The molecule has 0 atom stereocenters. The molecule has 1 aromatic carbocycles. The first-order valence-corrected chi connectivity index (χ1v) is 11.0. The number of aryl methyl sites for hydroxylation is 4. The van der Waals surface area contributed by atoms with Crippen LogP contribution >= 0.6 is 0 Å². The van der Waals surface area contributed by atoms with Gasteiger partial charge in [0.25, 0.3) is 0 Å². The molecule has 5 heteroatoms. The molecule has 2 heterocycles. The van der Waals surface area contributed by atoms with Crippen molar-refractivity contribution >= 4 is 11.7 Å². The Morgan fingerprint density at radius 2 is 1.67 bits per heavy atom. The zero-order valence-electron chi connectivity index (χ0n) is 19.7. The van der Waals surface area contributed by atoms with Crippen molar-refractivity contribution in [3.05, 3.63) is 52.0 Å². The van der Waals surface area contributed by atoms with E-state index >= 15 is 0 Å². The van der Waals surface area contributed by atoms with E-state index in [4.69, 9.17) is 4.98 Å².